The molecule has 0 atom stereocenters. The molecule has 3 rings (SSSR count). The van der Waals surface area contributed by atoms with E-state index in [0.717, 1.165) is 6.42 Å². The average Bonchev–Trinajstić information content (AvgIpc) is 3.30. The summed E-state index contributed by atoms with van der Waals surface area (Å²) in [5, 5.41) is 22.3. The monoisotopic (exact) mass is 387 g/mol. The number of nitro groups is 1. The van der Waals surface area contributed by atoms with E-state index in [1.807, 2.05) is 17.6 Å². The van der Waals surface area contributed by atoms with Crippen molar-refractivity contribution < 1.29 is 14.1 Å². The Labute approximate surface area is 158 Å². The van der Waals surface area contributed by atoms with Crippen LogP contribution in [-0.2, 0) is 11.3 Å². The first-order valence-electron chi connectivity index (χ1n) is 8.22. The molecule has 10 heteroatoms. The molecule has 27 heavy (non-hydrogen) atoms. The van der Waals surface area contributed by atoms with Gasteiger partial charge in [0.15, 0.2) is 16.7 Å². The highest BCUT2D eigenvalue weighted by molar-refractivity contribution is 7.99. The van der Waals surface area contributed by atoms with Gasteiger partial charge in [0.25, 0.3) is 5.69 Å². The summed E-state index contributed by atoms with van der Waals surface area (Å²) in [5.41, 5.74) is 0.470. The minimum atomic E-state index is -0.487. The van der Waals surface area contributed by atoms with Crippen LogP contribution in [0.15, 0.2) is 52.2 Å². The largest absolute Gasteiger partial charge is 0.461 e. The van der Waals surface area contributed by atoms with Crippen molar-refractivity contribution in [1.82, 2.24) is 14.8 Å². The third-order valence-electron chi connectivity index (χ3n) is 3.60. The Bertz CT molecular complexity index is 921. The number of carbonyl (C=O) groups excluding carboxylic acids is 1. The fourth-order valence-corrected chi connectivity index (χ4v) is 3.17. The van der Waals surface area contributed by atoms with Crippen LogP contribution in [0.2, 0.25) is 0 Å². The highest BCUT2D eigenvalue weighted by Crippen LogP contribution is 2.25. The van der Waals surface area contributed by atoms with Crippen molar-refractivity contribution in [3.8, 4) is 11.6 Å². The van der Waals surface area contributed by atoms with Gasteiger partial charge in [-0.05, 0) is 30.7 Å². The quantitative estimate of drug-likeness (QED) is 0.357. The van der Waals surface area contributed by atoms with Crippen LogP contribution in [0, 0.1) is 10.1 Å². The van der Waals surface area contributed by atoms with Crippen LogP contribution in [0.5, 0.6) is 0 Å². The lowest BCUT2D eigenvalue weighted by Gasteiger charge is -2.08. The number of nitrogens with zero attached hydrogens (tertiary/aromatic N) is 4. The Morgan fingerprint density at radius 2 is 2.07 bits per heavy atom. The fraction of sp³-hybridized carbons (Fsp3) is 0.235. The molecule has 9 nitrogen and oxygen atoms in total. The van der Waals surface area contributed by atoms with Crippen molar-refractivity contribution in [1.29, 1.82) is 0 Å². The summed E-state index contributed by atoms with van der Waals surface area (Å²) in [7, 11) is 0. The van der Waals surface area contributed by atoms with Gasteiger partial charge in [0.05, 0.1) is 16.9 Å². The first-order chi connectivity index (χ1) is 13.1. The van der Waals surface area contributed by atoms with Gasteiger partial charge in [-0.15, -0.1) is 10.2 Å². The van der Waals surface area contributed by atoms with Crippen molar-refractivity contribution in [2.45, 2.75) is 25.0 Å². The smallest absolute Gasteiger partial charge is 0.269 e. The number of benzene rings is 1. The van der Waals surface area contributed by atoms with E-state index in [-0.39, 0.29) is 17.3 Å². The standard InChI is InChI=1S/C17H17N5O4S/c1-2-9-21-16(14-4-3-10-26-14)19-20-17(21)27-11-15(23)18-12-5-7-13(8-6-12)22(24)25/h3-8,10H,2,9,11H2,1H3,(H,18,23). The predicted octanol–water partition coefficient (Wildman–Crippen LogP) is 3.59. The number of anilines is 1. The maximum absolute atomic E-state index is 12.2. The van der Waals surface area contributed by atoms with Crippen molar-refractivity contribution in [2.75, 3.05) is 11.1 Å². The molecule has 2 heterocycles. The van der Waals surface area contributed by atoms with Gasteiger partial charge in [0.1, 0.15) is 0 Å². The summed E-state index contributed by atoms with van der Waals surface area (Å²) < 4.78 is 7.31. The first kappa shape index (κ1) is 18.6. The lowest BCUT2D eigenvalue weighted by atomic mass is 10.3. The number of furan rings is 1. The van der Waals surface area contributed by atoms with E-state index >= 15 is 0 Å². The molecule has 0 saturated heterocycles. The number of non-ortho nitro benzene ring substituents is 1. The van der Waals surface area contributed by atoms with Crippen molar-refractivity contribution in [3.63, 3.8) is 0 Å². The van der Waals surface area contributed by atoms with E-state index in [0.29, 0.717) is 29.0 Å². The van der Waals surface area contributed by atoms with E-state index in [2.05, 4.69) is 15.5 Å². The highest BCUT2D eigenvalue weighted by atomic mass is 32.2. The summed E-state index contributed by atoms with van der Waals surface area (Å²) in [5.74, 6) is 1.15. The molecule has 0 aliphatic carbocycles. The van der Waals surface area contributed by atoms with Gasteiger partial charge in [0, 0.05) is 24.4 Å². The third kappa shape index (κ3) is 4.53. The van der Waals surface area contributed by atoms with E-state index in [4.69, 9.17) is 4.42 Å². The molecule has 1 amide bonds. The lowest BCUT2D eigenvalue weighted by molar-refractivity contribution is -0.384. The zero-order chi connectivity index (χ0) is 19.2. The molecule has 2 aromatic heterocycles. The molecule has 140 valence electrons. The summed E-state index contributed by atoms with van der Waals surface area (Å²) in [4.78, 5) is 22.3. The number of hydrogen-bond donors (Lipinski definition) is 1. The number of rotatable bonds is 8. The normalized spacial score (nSPS) is 10.7. The van der Waals surface area contributed by atoms with Gasteiger partial charge in [-0.1, -0.05) is 18.7 Å². The first-order valence-corrected chi connectivity index (χ1v) is 9.21. The van der Waals surface area contributed by atoms with Crippen LogP contribution in [0.1, 0.15) is 13.3 Å². The van der Waals surface area contributed by atoms with E-state index in [1.165, 1.54) is 36.0 Å². The van der Waals surface area contributed by atoms with Crippen molar-refractivity contribution in [3.05, 3.63) is 52.8 Å². The molecule has 0 fully saturated rings. The molecule has 0 aliphatic rings. The van der Waals surface area contributed by atoms with Gasteiger partial charge in [-0.2, -0.15) is 0 Å². The number of nitro benzene ring substituents is 1. The van der Waals surface area contributed by atoms with E-state index in [1.54, 1.807) is 12.3 Å². The molecular weight excluding hydrogens is 370 g/mol. The van der Waals surface area contributed by atoms with Crippen LogP contribution < -0.4 is 5.32 Å². The van der Waals surface area contributed by atoms with Crippen LogP contribution in [0.4, 0.5) is 11.4 Å². The van der Waals surface area contributed by atoms with Gasteiger partial charge in [0.2, 0.25) is 5.91 Å². The number of aromatic nitrogens is 3. The number of carbonyl (C=O) groups is 1. The molecule has 0 radical (unpaired) electrons. The summed E-state index contributed by atoms with van der Waals surface area (Å²) >= 11 is 1.27. The van der Waals surface area contributed by atoms with Crippen LogP contribution >= 0.6 is 11.8 Å². The highest BCUT2D eigenvalue weighted by Gasteiger charge is 2.17. The van der Waals surface area contributed by atoms with Crippen molar-refractivity contribution in [2.24, 2.45) is 0 Å². The molecule has 0 spiro atoms. The molecule has 3 aromatic rings. The van der Waals surface area contributed by atoms with Crippen LogP contribution in [0.3, 0.4) is 0 Å². The second-order valence-electron chi connectivity index (χ2n) is 5.58. The molecule has 1 aromatic carbocycles. The lowest BCUT2D eigenvalue weighted by Crippen LogP contribution is -2.14. The molecule has 0 bridgehead atoms. The fourth-order valence-electron chi connectivity index (χ4n) is 2.40. The SMILES string of the molecule is CCCn1c(SCC(=O)Nc2ccc([N+](=O)[O-])cc2)nnc1-c1ccco1. The van der Waals surface area contributed by atoms with E-state index in [9.17, 15) is 14.9 Å². The topological polar surface area (TPSA) is 116 Å². The van der Waals surface area contributed by atoms with Gasteiger partial charge in [-0.3, -0.25) is 19.5 Å². The van der Waals surface area contributed by atoms with Crippen LogP contribution in [-0.4, -0.2) is 31.3 Å². The molecule has 0 unspecified atom stereocenters. The number of amides is 1. The Balaban J connectivity index is 1.64. The molecule has 0 saturated carbocycles. The summed E-state index contributed by atoms with van der Waals surface area (Å²) in [6, 6.07) is 9.27. The zero-order valence-corrected chi connectivity index (χ0v) is 15.3. The molecule has 1 N–H and O–H groups in total. The zero-order valence-electron chi connectivity index (χ0n) is 14.5. The maximum Gasteiger partial charge on any atom is 0.269 e. The minimum absolute atomic E-state index is 0.0273. The van der Waals surface area contributed by atoms with Gasteiger partial charge >= 0.3 is 0 Å². The Morgan fingerprint density at radius 1 is 1.30 bits per heavy atom. The van der Waals surface area contributed by atoms with E-state index < -0.39 is 4.92 Å². The second kappa shape index (κ2) is 8.49. The van der Waals surface area contributed by atoms with Gasteiger partial charge in [-0.25, -0.2) is 0 Å². The Kier molecular flexibility index (Phi) is 5.87. The molecular formula is C17H17N5O4S. The number of hydrogen-bond acceptors (Lipinski definition) is 7. The number of nitrogens with one attached hydrogen (secondary N) is 1. The second-order valence-corrected chi connectivity index (χ2v) is 6.52. The van der Waals surface area contributed by atoms with Crippen LogP contribution in [0.25, 0.3) is 11.6 Å². The van der Waals surface area contributed by atoms with Gasteiger partial charge < -0.3 is 9.73 Å². The summed E-state index contributed by atoms with van der Waals surface area (Å²) in [6.45, 7) is 2.75. The Hall–Kier alpha value is -3.14. The predicted molar refractivity (Wildman–Crippen MR) is 100 cm³/mol. The van der Waals surface area contributed by atoms with Crippen molar-refractivity contribution >= 4 is 29.0 Å². The minimum Gasteiger partial charge on any atom is -0.461 e. The molecule has 0 aliphatic heterocycles. The third-order valence-corrected chi connectivity index (χ3v) is 4.57. The Morgan fingerprint density at radius 3 is 2.70 bits per heavy atom. The average molecular weight is 387 g/mol. The summed E-state index contributed by atoms with van der Waals surface area (Å²) in [6.07, 6.45) is 2.46. The maximum atomic E-state index is 12.2. The number of thioether (sulfide) groups is 1.